The van der Waals surface area contributed by atoms with E-state index in [2.05, 4.69) is 9.97 Å². The summed E-state index contributed by atoms with van der Waals surface area (Å²) in [7, 11) is 0. The molecule has 0 unspecified atom stereocenters. The van der Waals surface area contributed by atoms with Crippen LogP contribution < -0.4 is 0 Å². The molecule has 2 nitrogen and oxygen atoms in total. The lowest BCUT2D eigenvalue weighted by Crippen LogP contribution is -2.11. The molecule has 0 aliphatic carbocycles. The summed E-state index contributed by atoms with van der Waals surface area (Å²) < 4.78 is 36.0. The van der Waals surface area contributed by atoms with Gasteiger partial charge in [-0.3, -0.25) is 0 Å². The summed E-state index contributed by atoms with van der Waals surface area (Å²) >= 11 is 5.85. The Labute approximate surface area is 96.9 Å². The van der Waals surface area contributed by atoms with Gasteiger partial charge in [0.25, 0.3) is 0 Å². The normalized spacial score (nSPS) is 11.9. The summed E-state index contributed by atoms with van der Waals surface area (Å²) in [5.74, 6) is 0.150. The molecular weight excluding hydrogens is 241 g/mol. The van der Waals surface area contributed by atoms with Crippen LogP contribution in [0.1, 0.15) is 30.4 Å². The first-order chi connectivity index (χ1) is 7.33. The second-order valence-electron chi connectivity index (χ2n) is 3.46. The molecule has 0 saturated heterocycles. The fourth-order valence-electron chi connectivity index (χ4n) is 1.38. The zero-order valence-corrected chi connectivity index (χ0v) is 9.78. The quantitative estimate of drug-likeness (QED) is 0.770. The van der Waals surface area contributed by atoms with Crippen LogP contribution in [0.5, 0.6) is 0 Å². The Kier molecular flexibility index (Phi) is 4.13. The van der Waals surface area contributed by atoms with E-state index in [-0.39, 0.29) is 17.4 Å². The topological polar surface area (TPSA) is 25.8 Å². The first-order valence-corrected chi connectivity index (χ1v) is 5.30. The van der Waals surface area contributed by atoms with Crippen LogP contribution in [0, 0.1) is 6.92 Å². The van der Waals surface area contributed by atoms with Crippen molar-refractivity contribution in [3.63, 3.8) is 0 Å². The Morgan fingerprint density at radius 3 is 2.31 bits per heavy atom. The van der Waals surface area contributed by atoms with Crippen molar-refractivity contribution >= 4 is 11.6 Å². The highest BCUT2D eigenvalue weighted by atomic mass is 35.5. The summed E-state index contributed by atoms with van der Waals surface area (Å²) in [5, 5.41) is 0.257. The Morgan fingerprint density at radius 1 is 1.25 bits per heavy atom. The molecule has 0 aliphatic rings. The van der Waals surface area contributed by atoms with Gasteiger partial charge in [0.05, 0.1) is 6.42 Å². The molecule has 0 aliphatic heterocycles. The van der Waals surface area contributed by atoms with Gasteiger partial charge < -0.3 is 0 Å². The number of hydrogen-bond acceptors (Lipinski definition) is 2. The largest absolute Gasteiger partial charge is 0.389 e. The number of nitrogens with zero attached hydrogens (tertiary/aromatic N) is 2. The van der Waals surface area contributed by atoms with Crippen molar-refractivity contribution in [2.24, 2.45) is 0 Å². The van der Waals surface area contributed by atoms with Gasteiger partial charge in [-0.15, -0.1) is 0 Å². The minimum atomic E-state index is -4.19. The molecule has 6 heteroatoms. The van der Waals surface area contributed by atoms with Crippen molar-refractivity contribution < 1.29 is 13.2 Å². The van der Waals surface area contributed by atoms with E-state index >= 15 is 0 Å². The monoisotopic (exact) mass is 252 g/mol. The molecule has 90 valence electrons. The zero-order chi connectivity index (χ0) is 12.3. The Bertz CT molecular complexity index is 354. The molecule has 0 atom stereocenters. The van der Waals surface area contributed by atoms with Crippen LogP contribution in [0.15, 0.2) is 0 Å². The third kappa shape index (κ3) is 3.63. The predicted molar refractivity (Wildman–Crippen MR) is 55.5 cm³/mol. The minimum absolute atomic E-state index is 0.150. The molecule has 0 saturated carbocycles. The molecule has 0 bridgehead atoms. The van der Waals surface area contributed by atoms with Gasteiger partial charge in [0.2, 0.25) is 0 Å². The van der Waals surface area contributed by atoms with Crippen molar-refractivity contribution in [2.75, 3.05) is 0 Å². The maximum absolute atomic E-state index is 12.0. The maximum Gasteiger partial charge on any atom is 0.389 e. The highest BCUT2D eigenvalue weighted by molar-refractivity contribution is 6.30. The lowest BCUT2D eigenvalue weighted by atomic mass is 10.2. The molecule has 0 aromatic carbocycles. The lowest BCUT2D eigenvalue weighted by molar-refractivity contribution is -0.134. The van der Waals surface area contributed by atoms with Gasteiger partial charge in [-0.2, -0.15) is 13.2 Å². The molecule has 0 fully saturated rings. The smallest absolute Gasteiger partial charge is 0.238 e. The number of alkyl halides is 3. The van der Waals surface area contributed by atoms with E-state index in [1.165, 1.54) is 0 Å². The third-order valence-electron chi connectivity index (χ3n) is 2.20. The Morgan fingerprint density at radius 2 is 1.88 bits per heavy atom. The van der Waals surface area contributed by atoms with E-state index in [0.717, 1.165) is 5.56 Å². The van der Waals surface area contributed by atoms with Gasteiger partial charge in [-0.25, -0.2) is 9.97 Å². The number of aryl methyl sites for hydroxylation is 2. The lowest BCUT2D eigenvalue weighted by Gasteiger charge is -2.09. The van der Waals surface area contributed by atoms with E-state index in [0.29, 0.717) is 12.1 Å². The molecule has 1 heterocycles. The van der Waals surface area contributed by atoms with E-state index in [1.807, 2.05) is 6.92 Å². The van der Waals surface area contributed by atoms with Gasteiger partial charge in [0, 0.05) is 17.7 Å². The molecular formula is C10H12ClF3N2. The summed E-state index contributed by atoms with van der Waals surface area (Å²) in [4.78, 5) is 7.87. The van der Waals surface area contributed by atoms with Gasteiger partial charge in [0.1, 0.15) is 11.0 Å². The SMILES string of the molecule is CCc1c(C)nc(CCC(F)(F)F)nc1Cl. The first-order valence-electron chi connectivity index (χ1n) is 4.92. The maximum atomic E-state index is 12.0. The van der Waals surface area contributed by atoms with Crippen molar-refractivity contribution in [2.45, 2.75) is 39.3 Å². The molecule has 0 radical (unpaired) electrons. The fourth-order valence-corrected chi connectivity index (χ4v) is 1.75. The van der Waals surface area contributed by atoms with Gasteiger partial charge in [0.15, 0.2) is 0 Å². The van der Waals surface area contributed by atoms with E-state index in [1.54, 1.807) is 6.92 Å². The molecule has 0 N–H and O–H groups in total. The Balaban J connectivity index is 2.84. The van der Waals surface area contributed by atoms with Crippen LogP contribution in [-0.4, -0.2) is 16.1 Å². The first kappa shape index (κ1) is 13.2. The average Bonchev–Trinajstić information content (AvgIpc) is 2.13. The van der Waals surface area contributed by atoms with Crippen LogP contribution in [0.2, 0.25) is 5.15 Å². The highest BCUT2D eigenvalue weighted by Gasteiger charge is 2.27. The van der Waals surface area contributed by atoms with Crippen molar-refractivity contribution in [3.8, 4) is 0 Å². The number of aromatic nitrogens is 2. The number of halogens is 4. The van der Waals surface area contributed by atoms with Crippen LogP contribution in [-0.2, 0) is 12.8 Å². The van der Waals surface area contributed by atoms with Gasteiger partial charge in [-0.1, -0.05) is 18.5 Å². The highest BCUT2D eigenvalue weighted by Crippen LogP contribution is 2.23. The van der Waals surface area contributed by atoms with Gasteiger partial charge in [-0.05, 0) is 13.3 Å². The zero-order valence-electron chi connectivity index (χ0n) is 9.03. The summed E-state index contributed by atoms with van der Waals surface area (Å²) in [6.07, 6.45) is -4.67. The molecule has 0 spiro atoms. The molecule has 1 aromatic heterocycles. The fraction of sp³-hybridized carbons (Fsp3) is 0.600. The van der Waals surface area contributed by atoms with Crippen LogP contribution in [0.25, 0.3) is 0 Å². The molecule has 1 rings (SSSR count). The van der Waals surface area contributed by atoms with E-state index in [9.17, 15) is 13.2 Å². The second-order valence-corrected chi connectivity index (χ2v) is 3.82. The van der Waals surface area contributed by atoms with E-state index < -0.39 is 12.6 Å². The molecule has 0 amide bonds. The Hall–Kier alpha value is -0.840. The number of hydrogen-bond donors (Lipinski definition) is 0. The average molecular weight is 253 g/mol. The predicted octanol–water partition coefficient (Wildman–Crippen LogP) is 3.50. The van der Waals surface area contributed by atoms with Crippen molar-refractivity contribution in [1.82, 2.24) is 9.97 Å². The van der Waals surface area contributed by atoms with Gasteiger partial charge >= 0.3 is 6.18 Å². The summed E-state index contributed by atoms with van der Waals surface area (Å²) in [6.45, 7) is 3.62. The second kappa shape index (κ2) is 4.99. The molecule has 1 aromatic rings. The summed E-state index contributed by atoms with van der Waals surface area (Å²) in [6, 6.07) is 0. The molecule has 16 heavy (non-hydrogen) atoms. The minimum Gasteiger partial charge on any atom is -0.238 e. The third-order valence-corrected chi connectivity index (χ3v) is 2.51. The van der Waals surface area contributed by atoms with E-state index in [4.69, 9.17) is 11.6 Å². The van der Waals surface area contributed by atoms with Crippen LogP contribution >= 0.6 is 11.6 Å². The van der Waals surface area contributed by atoms with Crippen LogP contribution in [0.4, 0.5) is 13.2 Å². The number of rotatable bonds is 3. The van der Waals surface area contributed by atoms with Crippen molar-refractivity contribution in [3.05, 3.63) is 22.2 Å². The summed E-state index contributed by atoms with van der Waals surface area (Å²) in [5.41, 5.74) is 1.44. The van der Waals surface area contributed by atoms with Crippen LogP contribution in [0.3, 0.4) is 0 Å². The van der Waals surface area contributed by atoms with Crippen molar-refractivity contribution in [1.29, 1.82) is 0 Å². The standard InChI is InChI=1S/C10H12ClF3N2/c1-3-7-6(2)15-8(16-9(7)11)4-5-10(12,13)14/h3-5H2,1-2H3.